The van der Waals surface area contributed by atoms with Crippen molar-refractivity contribution in [2.45, 2.75) is 38.5 Å². The number of para-hydroxylation sites is 1. The first-order chi connectivity index (χ1) is 13.5. The Morgan fingerprint density at radius 2 is 2.00 bits per heavy atom. The average molecular weight is 379 g/mol. The smallest absolute Gasteiger partial charge is 0.336 e. The van der Waals surface area contributed by atoms with Gasteiger partial charge in [-0.1, -0.05) is 24.3 Å². The molecule has 0 amide bonds. The topological polar surface area (TPSA) is 66.0 Å². The normalized spacial score (nSPS) is 24.1. The van der Waals surface area contributed by atoms with Crippen LogP contribution in [0.25, 0.3) is 0 Å². The highest BCUT2D eigenvalue weighted by atomic mass is 16.7. The molecule has 3 aliphatic heterocycles. The second-order valence-electron chi connectivity index (χ2n) is 7.55. The summed E-state index contributed by atoms with van der Waals surface area (Å²) >= 11 is 0. The standard InChI is InChI=1S/C22H21NO5/c1-13-20(16-10-22(2,23-13)28-17-6-4-3-5-15(16)17)21(24)25-11-14-7-8-18-19(9-14)27-12-26-18/h3-9,16,23H,10-12H2,1-2H3. The molecule has 0 aromatic heterocycles. The minimum absolute atomic E-state index is 0.0551. The number of nitrogens with one attached hydrogen (secondary N) is 1. The summed E-state index contributed by atoms with van der Waals surface area (Å²) < 4.78 is 22.5. The summed E-state index contributed by atoms with van der Waals surface area (Å²) in [5.41, 5.74) is 2.81. The first-order valence-corrected chi connectivity index (χ1v) is 9.35. The van der Waals surface area contributed by atoms with Gasteiger partial charge >= 0.3 is 5.97 Å². The molecule has 0 saturated carbocycles. The van der Waals surface area contributed by atoms with Gasteiger partial charge in [0.15, 0.2) is 17.2 Å². The Morgan fingerprint density at radius 1 is 1.18 bits per heavy atom. The third-order valence-electron chi connectivity index (χ3n) is 5.45. The molecule has 6 nitrogen and oxygen atoms in total. The second kappa shape index (κ2) is 6.19. The van der Waals surface area contributed by atoms with E-state index in [9.17, 15) is 4.79 Å². The van der Waals surface area contributed by atoms with Crippen molar-refractivity contribution in [2.24, 2.45) is 0 Å². The first-order valence-electron chi connectivity index (χ1n) is 9.35. The monoisotopic (exact) mass is 379 g/mol. The number of carbonyl (C=O) groups is 1. The van der Waals surface area contributed by atoms with E-state index in [0.29, 0.717) is 23.5 Å². The van der Waals surface area contributed by atoms with E-state index in [1.165, 1.54) is 0 Å². The number of ether oxygens (including phenoxy) is 4. The lowest BCUT2D eigenvalue weighted by Gasteiger charge is -2.45. The van der Waals surface area contributed by atoms with Crippen LogP contribution in [0, 0.1) is 0 Å². The van der Waals surface area contributed by atoms with Crippen LogP contribution in [0.15, 0.2) is 53.7 Å². The highest BCUT2D eigenvalue weighted by Crippen LogP contribution is 2.47. The van der Waals surface area contributed by atoms with Gasteiger partial charge in [-0.15, -0.1) is 0 Å². The fraction of sp³-hybridized carbons (Fsp3) is 0.318. The third-order valence-corrected chi connectivity index (χ3v) is 5.45. The Bertz CT molecular complexity index is 998. The molecule has 1 N–H and O–H groups in total. The lowest BCUT2D eigenvalue weighted by Crippen LogP contribution is -2.54. The molecule has 6 heteroatoms. The summed E-state index contributed by atoms with van der Waals surface area (Å²) in [4.78, 5) is 13.0. The molecule has 3 aliphatic rings. The highest BCUT2D eigenvalue weighted by molar-refractivity contribution is 5.91. The van der Waals surface area contributed by atoms with Crippen LogP contribution in [0.1, 0.15) is 37.3 Å². The molecule has 5 rings (SSSR count). The van der Waals surface area contributed by atoms with Gasteiger partial charge in [-0.05, 0) is 37.6 Å². The Balaban J connectivity index is 1.39. The van der Waals surface area contributed by atoms with Crippen molar-refractivity contribution in [1.82, 2.24) is 5.32 Å². The molecule has 0 radical (unpaired) electrons. The van der Waals surface area contributed by atoms with Crippen LogP contribution in [-0.2, 0) is 16.1 Å². The summed E-state index contributed by atoms with van der Waals surface area (Å²) in [5.74, 6) is 1.83. The van der Waals surface area contributed by atoms with E-state index in [1.54, 1.807) is 0 Å². The van der Waals surface area contributed by atoms with Crippen molar-refractivity contribution >= 4 is 5.97 Å². The largest absolute Gasteiger partial charge is 0.468 e. The van der Waals surface area contributed by atoms with Crippen LogP contribution in [0.4, 0.5) is 0 Å². The number of hydrogen-bond acceptors (Lipinski definition) is 6. The van der Waals surface area contributed by atoms with E-state index >= 15 is 0 Å². The third kappa shape index (κ3) is 2.76. The van der Waals surface area contributed by atoms with E-state index in [2.05, 4.69) is 5.32 Å². The molecule has 2 bridgehead atoms. The van der Waals surface area contributed by atoms with Gasteiger partial charge in [0.25, 0.3) is 0 Å². The second-order valence-corrected chi connectivity index (χ2v) is 7.55. The number of esters is 1. The Hall–Kier alpha value is -3.15. The summed E-state index contributed by atoms with van der Waals surface area (Å²) in [6.45, 7) is 4.31. The zero-order chi connectivity index (χ0) is 19.3. The van der Waals surface area contributed by atoms with Gasteiger partial charge in [-0.2, -0.15) is 0 Å². The van der Waals surface area contributed by atoms with Crippen molar-refractivity contribution in [2.75, 3.05) is 6.79 Å². The van der Waals surface area contributed by atoms with E-state index < -0.39 is 5.72 Å². The molecule has 0 spiro atoms. The maximum atomic E-state index is 13.0. The van der Waals surface area contributed by atoms with Gasteiger partial charge in [-0.3, -0.25) is 0 Å². The summed E-state index contributed by atoms with van der Waals surface area (Å²) in [7, 11) is 0. The first kappa shape index (κ1) is 17.0. The van der Waals surface area contributed by atoms with Gasteiger partial charge in [0.2, 0.25) is 6.79 Å². The predicted octanol–water partition coefficient (Wildman–Crippen LogP) is 3.62. The Kier molecular flexibility index (Phi) is 3.75. The minimum atomic E-state index is -0.524. The van der Waals surface area contributed by atoms with Crippen LogP contribution < -0.4 is 19.5 Å². The van der Waals surface area contributed by atoms with Crippen molar-refractivity contribution < 1.29 is 23.7 Å². The predicted molar refractivity (Wildman–Crippen MR) is 101 cm³/mol. The fourth-order valence-electron chi connectivity index (χ4n) is 4.26. The number of benzene rings is 2. The van der Waals surface area contributed by atoms with Crippen molar-refractivity contribution in [3.63, 3.8) is 0 Å². The van der Waals surface area contributed by atoms with E-state index in [0.717, 1.165) is 22.6 Å². The molecule has 2 unspecified atom stereocenters. The van der Waals surface area contributed by atoms with E-state index in [4.69, 9.17) is 18.9 Å². The number of hydrogen-bond donors (Lipinski definition) is 1. The van der Waals surface area contributed by atoms with Crippen LogP contribution in [0.3, 0.4) is 0 Å². The number of carbonyl (C=O) groups excluding carboxylic acids is 1. The summed E-state index contributed by atoms with van der Waals surface area (Å²) in [6, 6.07) is 13.4. The molecule has 0 fully saturated rings. The van der Waals surface area contributed by atoms with Crippen LogP contribution in [-0.4, -0.2) is 18.5 Å². The van der Waals surface area contributed by atoms with Gasteiger partial charge in [0.05, 0.1) is 5.57 Å². The molecule has 0 saturated heterocycles. The molecule has 28 heavy (non-hydrogen) atoms. The van der Waals surface area contributed by atoms with Gasteiger partial charge in [0.1, 0.15) is 12.4 Å². The van der Waals surface area contributed by atoms with E-state index in [1.807, 2.05) is 56.3 Å². The average Bonchev–Trinajstić information content (AvgIpc) is 3.13. The molecule has 2 atom stereocenters. The molecule has 0 aliphatic carbocycles. The van der Waals surface area contributed by atoms with Crippen LogP contribution >= 0.6 is 0 Å². The number of allylic oxidation sites excluding steroid dienone is 1. The molecule has 2 aromatic carbocycles. The van der Waals surface area contributed by atoms with Crippen molar-refractivity contribution in [3.05, 3.63) is 64.9 Å². The summed E-state index contributed by atoms with van der Waals surface area (Å²) in [5, 5.41) is 3.35. The molecule has 3 heterocycles. The Labute approximate surface area is 163 Å². The Morgan fingerprint density at radius 3 is 2.89 bits per heavy atom. The molecular formula is C22H21NO5. The zero-order valence-electron chi connectivity index (χ0n) is 15.8. The fourth-order valence-corrected chi connectivity index (χ4v) is 4.26. The van der Waals surface area contributed by atoms with Crippen molar-refractivity contribution in [1.29, 1.82) is 0 Å². The summed E-state index contributed by atoms with van der Waals surface area (Å²) in [6.07, 6.45) is 0.676. The minimum Gasteiger partial charge on any atom is -0.468 e. The lowest BCUT2D eigenvalue weighted by atomic mass is 9.78. The van der Waals surface area contributed by atoms with Crippen LogP contribution in [0.5, 0.6) is 17.2 Å². The quantitative estimate of drug-likeness (QED) is 0.822. The van der Waals surface area contributed by atoms with E-state index in [-0.39, 0.29) is 25.3 Å². The van der Waals surface area contributed by atoms with Gasteiger partial charge < -0.3 is 24.3 Å². The number of fused-ring (bicyclic) bond motifs is 5. The maximum Gasteiger partial charge on any atom is 0.336 e. The van der Waals surface area contributed by atoms with Gasteiger partial charge in [0, 0.05) is 23.6 Å². The van der Waals surface area contributed by atoms with Crippen molar-refractivity contribution in [3.8, 4) is 17.2 Å². The van der Waals surface area contributed by atoms with Crippen LogP contribution in [0.2, 0.25) is 0 Å². The highest BCUT2D eigenvalue weighted by Gasteiger charge is 2.45. The SMILES string of the molecule is CC1=C(C(=O)OCc2ccc3c(c2)OCO3)C2CC(C)(N1)Oc1ccccc12. The number of rotatable bonds is 3. The molecular weight excluding hydrogens is 358 g/mol. The molecule has 2 aromatic rings. The van der Waals surface area contributed by atoms with Gasteiger partial charge in [-0.25, -0.2) is 4.79 Å². The molecule has 144 valence electrons. The lowest BCUT2D eigenvalue weighted by molar-refractivity contribution is -0.141. The zero-order valence-corrected chi connectivity index (χ0v) is 15.8. The maximum absolute atomic E-state index is 13.0.